The first-order chi connectivity index (χ1) is 12.4. The molecule has 1 N–H and O–H groups in total. The van der Waals surface area contributed by atoms with Crippen LogP contribution >= 0.6 is 0 Å². The zero-order chi connectivity index (χ0) is 18.7. The van der Waals surface area contributed by atoms with E-state index in [0.717, 1.165) is 49.0 Å². The zero-order valence-corrected chi connectivity index (χ0v) is 16.1. The number of nitrogens with zero attached hydrogens (tertiary/aromatic N) is 3. The lowest BCUT2D eigenvalue weighted by atomic mass is 9.96. The molecule has 5 nitrogen and oxygen atoms in total. The van der Waals surface area contributed by atoms with E-state index in [1.807, 2.05) is 32.0 Å². The van der Waals surface area contributed by atoms with Crippen LogP contribution in [0.15, 0.2) is 30.3 Å². The number of aromatic nitrogens is 2. The van der Waals surface area contributed by atoms with Crippen molar-refractivity contribution in [1.29, 1.82) is 0 Å². The quantitative estimate of drug-likeness (QED) is 0.901. The normalized spacial score (nSPS) is 15.3. The molecule has 0 radical (unpaired) electrons. The van der Waals surface area contributed by atoms with Gasteiger partial charge >= 0.3 is 0 Å². The van der Waals surface area contributed by atoms with E-state index < -0.39 is 0 Å². The molecule has 1 saturated heterocycles. The second-order valence-corrected chi connectivity index (χ2v) is 7.48. The monoisotopic (exact) mass is 352 g/mol. The molecule has 1 fully saturated rings. The van der Waals surface area contributed by atoms with Crippen LogP contribution in [0.3, 0.4) is 0 Å². The Bertz CT molecular complexity index is 742. The molecule has 5 heteroatoms. The van der Waals surface area contributed by atoms with Crippen molar-refractivity contribution in [1.82, 2.24) is 9.97 Å². The summed E-state index contributed by atoms with van der Waals surface area (Å²) in [5, 5.41) is 3.06. The maximum absolute atomic E-state index is 12.6. The summed E-state index contributed by atoms with van der Waals surface area (Å²) in [6.07, 6.45) is 1.65. The highest BCUT2D eigenvalue weighted by Gasteiger charge is 2.26. The van der Waals surface area contributed by atoms with E-state index in [1.165, 1.54) is 5.56 Å². The molecule has 2 heterocycles. The molecule has 0 unspecified atom stereocenters. The Balaban J connectivity index is 1.56. The van der Waals surface area contributed by atoms with Crippen LogP contribution in [0.1, 0.15) is 49.6 Å². The SMILES string of the molecule is Cc1cc(C)nc(N2CCC(C(=O)Nc3ccc(C(C)C)cc3)CC2)n1. The van der Waals surface area contributed by atoms with Crippen molar-refractivity contribution in [3.05, 3.63) is 47.3 Å². The van der Waals surface area contributed by atoms with Gasteiger partial charge in [-0.25, -0.2) is 9.97 Å². The van der Waals surface area contributed by atoms with Gasteiger partial charge in [-0.2, -0.15) is 0 Å². The van der Waals surface area contributed by atoms with Gasteiger partial charge in [0.05, 0.1) is 0 Å². The number of nitrogens with one attached hydrogen (secondary N) is 1. The fourth-order valence-electron chi connectivity index (χ4n) is 3.39. The van der Waals surface area contributed by atoms with E-state index >= 15 is 0 Å². The number of hydrogen-bond donors (Lipinski definition) is 1. The van der Waals surface area contributed by atoms with E-state index in [2.05, 4.69) is 46.2 Å². The van der Waals surface area contributed by atoms with Gasteiger partial charge in [0.2, 0.25) is 11.9 Å². The van der Waals surface area contributed by atoms with Crippen LogP contribution in [0.2, 0.25) is 0 Å². The summed E-state index contributed by atoms with van der Waals surface area (Å²) in [6.45, 7) is 9.94. The Morgan fingerprint density at radius 2 is 1.65 bits per heavy atom. The van der Waals surface area contributed by atoms with Crippen LogP contribution in [0.5, 0.6) is 0 Å². The first kappa shape index (κ1) is 18.4. The highest BCUT2D eigenvalue weighted by atomic mass is 16.1. The minimum atomic E-state index is 0.0435. The Hall–Kier alpha value is -2.43. The third kappa shape index (κ3) is 4.40. The predicted octanol–water partition coefficient (Wildman–Crippen LogP) is 4.07. The maximum Gasteiger partial charge on any atom is 0.227 e. The molecule has 3 rings (SSSR count). The van der Waals surface area contributed by atoms with E-state index in [9.17, 15) is 4.79 Å². The number of carbonyl (C=O) groups is 1. The van der Waals surface area contributed by atoms with Gasteiger partial charge < -0.3 is 10.2 Å². The van der Waals surface area contributed by atoms with Crippen LogP contribution in [0.25, 0.3) is 0 Å². The van der Waals surface area contributed by atoms with Crippen LogP contribution in [0, 0.1) is 19.8 Å². The Morgan fingerprint density at radius 3 is 2.19 bits per heavy atom. The molecule has 138 valence electrons. The molecular formula is C21H28N4O. The number of rotatable bonds is 4. The molecule has 2 aromatic rings. The summed E-state index contributed by atoms with van der Waals surface area (Å²) in [5.74, 6) is 1.44. The van der Waals surface area contributed by atoms with Crippen LogP contribution in [-0.4, -0.2) is 29.0 Å². The molecular weight excluding hydrogens is 324 g/mol. The van der Waals surface area contributed by atoms with E-state index in [1.54, 1.807) is 0 Å². The summed E-state index contributed by atoms with van der Waals surface area (Å²) in [5.41, 5.74) is 4.12. The minimum Gasteiger partial charge on any atom is -0.341 e. The van der Waals surface area contributed by atoms with E-state index in [4.69, 9.17) is 0 Å². The van der Waals surface area contributed by atoms with Crippen molar-refractivity contribution in [2.75, 3.05) is 23.3 Å². The summed E-state index contributed by atoms with van der Waals surface area (Å²) < 4.78 is 0. The highest BCUT2D eigenvalue weighted by Crippen LogP contribution is 2.23. The summed E-state index contributed by atoms with van der Waals surface area (Å²) in [4.78, 5) is 23.8. The number of amides is 1. The second kappa shape index (κ2) is 7.85. The maximum atomic E-state index is 12.6. The largest absolute Gasteiger partial charge is 0.341 e. The standard InChI is InChI=1S/C21H28N4O/c1-14(2)17-5-7-19(8-6-17)24-20(26)18-9-11-25(12-10-18)21-22-15(3)13-16(4)23-21/h5-8,13-14,18H,9-12H2,1-4H3,(H,24,26). The molecule has 0 aliphatic carbocycles. The molecule has 1 aliphatic heterocycles. The number of benzene rings is 1. The molecule has 1 aromatic heterocycles. The summed E-state index contributed by atoms with van der Waals surface area (Å²) in [6, 6.07) is 10.1. The minimum absolute atomic E-state index is 0.0435. The molecule has 1 aromatic carbocycles. The molecule has 0 atom stereocenters. The fourth-order valence-corrected chi connectivity index (χ4v) is 3.39. The lowest BCUT2D eigenvalue weighted by Gasteiger charge is -2.31. The number of piperidine rings is 1. The molecule has 0 saturated carbocycles. The summed E-state index contributed by atoms with van der Waals surface area (Å²) >= 11 is 0. The van der Waals surface area contributed by atoms with E-state index in [-0.39, 0.29) is 11.8 Å². The number of hydrogen-bond acceptors (Lipinski definition) is 4. The van der Waals surface area contributed by atoms with E-state index in [0.29, 0.717) is 5.92 Å². The fraction of sp³-hybridized carbons (Fsp3) is 0.476. The predicted molar refractivity (Wildman–Crippen MR) is 106 cm³/mol. The topological polar surface area (TPSA) is 58.1 Å². The lowest BCUT2D eigenvalue weighted by Crippen LogP contribution is -2.39. The van der Waals surface area contributed by atoms with Gasteiger partial charge in [-0.15, -0.1) is 0 Å². The number of aryl methyl sites for hydroxylation is 2. The first-order valence-corrected chi connectivity index (χ1v) is 9.40. The third-order valence-corrected chi connectivity index (χ3v) is 4.96. The highest BCUT2D eigenvalue weighted by molar-refractivity contribution is 5.92. The van der Waals surface area contributed by atoms with Crippen LogP contribution < -0.4 is 10.2 Å². The lowest BCUT2D eigenvalue weighted by molar-refractivity contribution is -0.120. The van der Waals surface area contributed by atoms with Gasteiger partial charge in [-0.3, -0.25) is 4.79 Å². The molecule has 0 spiro atoms. The van der Waals surface area contributed by atoms with Gasteiger partial charge in [-0.05, 0) is 56.4 Å². The van der Waals surface area contributed by atoms with Crippen molar-refractivity contribution < 1.29 is 4.79 Å². The Labute approximate surface area is 155 Å². The van der Waals surface area contributed by atoms with Gasteiger partial charge in [0, 0.05) is 36.1 Å². The van der Waals surface area contributed by atoms with Crippen molar-refractivity contribution >= 4 is 17.5 Å². The van der Waals surface area contributed by atoms with Crippen molar-refractivity contribution in [3.8, 4) is 0 Å². The molecule has 1 aliphatic rings. The third-order valence-electron chi connectivity index (χ3n) is 4.96. The summed E-state index contributed by atoms with van der Waals surface area (Å²) in [7, 11) is 0. The average Bonchev–Trinajstić information content (AvgIpc) is 2.61. The average molecular weight is 352 g/mol. The van der Waals surface area contributed by atoms with Crippen molar-refractivity contribution in [2.45, 2.75) is 46.5 Å². The Kier molecular flexibility index (Phi) is 5.55. The first-order valence-electron chi connectivity index (χ1n) is 9.40. The van der Waals surface area contributed by atoms with Crippen LogP contribution in [0.4, 0.5) is 11.6 Å². The molecule has 1 amide bonds. The number of carbonyl (C=O) groups excluding carboxylic acids is 1. The van der Waals surface area contributed by atoms with Crippen molar-refractivity contribution in [2.24, 2.45) is 5.92 Å². The smallest absolute Gasteiger partial charge is 0.227 e. The molecule has 0 bridgehead atoms. The van der Waals surface area contributed by atoms with Gasteiger partial charge in [0.25, 0.3) is 0 Å². The zero-order valence-electron chi connectivity index (χ0n) is 16.1. The van der Waals surface area contributed by atoms with Gasteiger partial charge in [0.1, 0.15) is 0 Å². The van der Waals surface area contributed by atoms with Gasteiger partial charge in [0.15, 0.2) is 0 Å². The number of anilines is 2. The van der Waals surface area contributed by atoms with Crippen molar-refractivity contribution in [3.63, 3.8) is 0 Å². The molecule has 26 heavy (non-hydrogen) atoms. The van der Waals surface area contributed by atoms with Gasteiger partial charge in [-0.1, -0.05) is 26.0 Å². The second-order valence-electron chi connectivity index (χ2n) is 7.48. The Morgan fingerprint density at radius 1 is 1.08 bits per heavy atom. The van der Waals surface area contributed by atoms with Crippen LogP contribution in [-0.2, 0) is 4.79 Å².